The molecule has 1 amide bonds. The fourth-order valence-electron chi connectivity index (χ4n) is 1.55. The van der Waals surface area contributed by atoms with E-state index in [-0.39, 0.29) is 29.3 Å². The van der Waals surface area contributed by atoms with Crippen LogP contribution in [0.5, 0.6) is 0 Å². The number of hydrogen-bond donors (Lipinski definition) is 2. The Balaban J connectivity index is 2.53. The maximum absolute atomic E-state index is 11.8. The van der Waals surface area contributed by atoms with Crippen LogP contribution in [0.4, 0.5) is 0 Å². The summed E-state index contributed by atoms with van der Waals surface area (Å²) in [5.74, 6) is -0.780. The van der Waals surface area contributed by atoms with E-state index in [1.807, 2.05) is 6.92 Å². The molecule has 0 fully saturated rings. The number of hydrogen-bond acceptors (Lipinski definition) is 3. The van der Waals surface area contributed by atoms with Gasteiger partial charge in [0, 0.05) is 12.6 Å². The number of carbonyl (C=O) groups excluding carboxylic acids is 1. The molecular formula is C15H22N2O3. The summed E-state index contributed by atoms with van der Waals surface area (Å²) in [7, 11) is 0. The van der Waals surface area contributed by atoms with Crippen molar-refractivity contribution in [3.63, 3.8) is 0 Å². The van der Waals surface area contributed by atoms with Crippen molar-refractivity contribution in [2.45, 2.75) is 40.7 Å². The molecule has 1 unspecified atom stereocenters. The second kappa shape index (κ2) is 6.50. The second-order valence-corrected chi connectivity index (χ2v) is 6.09. The van der Waals surface area contributed by atoms with E-state index < -0.39 is 5.97 Å². The van der Waals surface area contributed by atoms with Crippen LogP contribution in [0.15, 0.2) is 18.3 Å². The SMILES string of the molecule is CC(CC(=O)NCc1cc(C(=O)O)ccn1)C(C)(C)C. The highest BCUT2D eigenvalue weighted by molar-refractivity contribution is 5.87. The predicted octanol–water partition coefficient (Wildman–Crippen LogP) is 2.47. The minimum absolute atomic E-state index is 0.0463. The average Bonchev–Trinajstić information content (AvgIpc) is 2.35. The Labute approximate surface area is 119 Å². The van der Waals surface area contributed by atoms with Gasteiger partial charge in [0.15, 0.2) is 0 Å². The van der Waals surface area contributed by atoms with Gasteiger partial charge in [-0.2, -0.15) is 0 Å². The Hall–Kier alpha value is -1.91. The zero-order valence-electron chi connectivity index (χ0n) is 12.4. The first-order chi connectivity index (χ1) is 9.20. The number of aromatic carboxylic acids is 1. The van der Waals surface area contributed by atoms with E-state index in [0.29, 0.717) is 12.1 Å². The summed E-state index contributed by atoms with van der Waals surface area (Å²) in [5.41, 5.74) is 0.799. The van der Waals surface area contributed by atoms with Crippen LogP contribution < -0.4 is 5.32 Å². The Bertz CT molecular complexity index is 492. The number of rotatable bonds is 5. The lowest BCUT2D eigenvalue weighted by Gasteiger charge is -2.26. The van der Waals surface area contributed by atoms with Crippen molar-refractivity contribution in [3.8, 4) is 0 Å². The first kappa shape index (κ1) is 16.1. The molecule has 0 saturated carbocycles. The molecule has 1 aromatic rings. The molecule has 0 aliphatic rings. The van der Waals surface area contributed by atoms with Crippen molar-refractivity contribution < 1.29 is 14.7 Å². The van der Waals surface area contributed by atoms with Crippen molar-refractivity contribution in [3.05, 3.63) is 29.6 Å². The van der Waals surface area contributed by atoms with Crippen molar-refractivity contribution >= 4 is 11.9 Å². The van der Waals surface area contributed by atoms with Gasteiger partial charge in [-0.1, -0.05) is 27.7 Å². The largest absolute Gasteiger partial charge is 0.478 e. The van der Waals surface area contributed by atoms with Crippen molar-refractivity contribution in [2.24, 2.45) is 11.3 Å². The zero-order valence-corrected chi connectivity index (χ0v) is 12.4. The summed E-state index contributed by atoms with van der Waals surface area (Å²) in [6.45, 7) is 8.59. The van der Waals surface area contributed by atoms with Crippen LogP contribution in [-0.4, -0.2) is 22.0 Å². The molecule has 5 nitrogen and oxygen atoms in total. The normalized spacial score (nSPS) is 12.8. The van der Waals surface area contributed by atoms with Crippen LogP contribution >= 0.6 is 0 Å². The standard InChI is InChI=1S/C15H22N2O3/c1-10(15(2,3)4)7-13(18)17-9-12-8-11(14(19)20)5-6-16-12/h5-6,8,10H,7,9H2,1-4H3,(H,17,18)(H,19,20). The summed E-state index contributed by atoms with van der Waals surface area (Å²) < 4.78 is 0. The van der Waals surface area contributed by atoms with Crippen LogP contribution in [0.1, 0.15) is 50.2 Å². The van der Waals surface area contributed by atoms with Gasteiger partial charge in [-0.15, -0.1) is 0 Å². The van der Waals surface area contributed by atoms with E-state index in [2.05, 4.69) is 31.1 Å². The molecule has 0 bridgehead atoms. The van der Waals surface area contributed by atoms with E-state index in [1.54, 1.807) is 0 Å². The lowest BCUT2D eigenvalue weighted by Crippen LogP contribution is -2.29. The number of pyridine rings is 1. The number of nitrogens with one attached hydrogen (secondary N) is 1. The molecule has 0 aliphatic carbocycles. The van der Waals surface area contributed by atoms with Gasteiger partial charge >= 0.3 is 5.97 Å². The molecule has 5 heteroatoms. The number of carbonyl (C=O) groups is 2. The second-order valence-electron chi connectivity index (χ2n) is 6.09. The molecule has 0 aliphatic heterocycles. The van der Waals surface area contributed by atoms with Gasteiger partial charge in [-0.25, -0.2) is 4.79 Å². The topological polar surface area (TPSA) is 79.3 Å². The Morgan fingerprint density at radius 2 is 2.05 bits per heavy atom. The Kier molecular flexibility index (Phi) is 5.25. The van der Waals surface area contributed by atoms with Crippen LogP contribution in [-0.2, 0) is 11.3 Å². The van der Waals surface area contributed by atoms with Gasteiger partial charge in [-0.05, 0) is 23.5 Å². The Morgan fingerprint density at radius 1 is 1.40 bits per heavy atom. The van der Waals surface area contributed by atoms with Gasteiger partial charge in [0.1, 0.15) is 0 Å². The minimum Gasteiger partial charge on any atom is -0.478 e. The third kappa shape index (κ3) is 4.99. The van der Waals surface area contributed by atoms with Crippen molar-refractivity contribution in [2.75, 3.05) is 0 Å². The summed E-state index contributed by atoms with van der Waals surface area (Å²) in [4.78, 5) is 26.7. The molecule has 1 heterocycles. The van der Waals surface area contributed by atoms with E-state index in [9.17, 15) is 9.59 Å². The highest BCUT2D eigenvalue weighted by atomic mass is 16.4. The van der Waals surface area contributed by atoms with Crippen LogP contribution in [0, 0.1) is 11.3 Å². The molecule has 1 rings (SSSR count). The van der Waals surface area contributed by atoms with E-state index in [0.717, 1.165) is 0 Å². The highest BCUT2D eigenvalue weighted by Gasteiger charge is 2.22. The molecule has 0 spiro atoms. The quantitative estimate of drug-likeness (QED) is 0.867. The average molecular weight is 278 g/mol. The van der Waals surface area contributed by atoms with E-state index in [1.165, 1.54) is 18.3 Å². The molecule has 1 atom stereocenters. The van der Waals surface area contributed by atoms with Gasteiger partial charge in [0.05, 0.1) is 17.8 Å². The lowest BCUT2D eigenvalue weighted by molar-refractivity contribution is -0.122. The number of carboxylic acids is 1. The summed E-state index contributed by atoms with van der Waals surface area (Å²) in [6, 6.07) is 2.89. The first-order valence-corrected chi connectivity index (χ1v) is 6.65. The fraction of sp³-hybridized carbons (Fsp3) is 0.533. The number of amides is 1. The van der Waals surface area contributed by atoms with Crippen LogP contribution in [0.25, 0.3) is 0 Å². The lowest BCUT2D eigenvalue weighted by atomic mass is 9.80. The monoisotopic (exact) mass is 278 g/mol. The van der Waals surface area contributed by atoms with Gasteiger partial charge in [0.25, 0.3) is 0 Å². The van der Waals surface area contributed by atoms with Gasteiger partial charge < -0.3 is 10.4 Å². The van der Waals surface area contributed by atoms with E-state index in [4.69, 9.17) is 5.11 Å². The number of carboxylic acid groups (broad SMARTS) is 1. The van der Waals surface area contributed by atoms with Crippen LogP contribution in [0.2, 0.25) is 0 Å². The molecule has 0 radical (unpaired) electrons. The maximum atomic E-state index is 11.8. The fourth-order valence-corrected chi connectivity index (χ4v) is 1.55. The third-order valence-corrected chi connectivity index (χ3v) is 3.50. The highest BCUT2D eigenvalue weighted by Crippen LogP contribution is 2.27. The van der Waals surface area contributed by atoms with Gasteiger partial charge in [-0.3, -0.25) is 9.78 Å². The zero-order chi connectivity index (χ0) is 15.3. The smallest absolute Gasteiger partial charge is 0.335 e. The third-order valence-electron chi connectivity index (χ3n) is 3.50. The molecule has 0 saturated heterocycles. The first-order valence-electron chi connectivity index (χ1n) is 6.65. The molecule has 110 valence electrons. The summed E-state index contributed by atoms with van der Waals surface area (Å²) in [6.07, 6.45) is 1.88. The molecule has 1 aromatic heterocycles. The van der Waals surface area contributed by atoms with Gasteiger partial charge in [0.2, 0.25) is 5.91 Å². The van der Waals surface area contributed by atoms with Crippen molar-refractivity contribution in [1.82, 2.24) is 10.3 Å². The molecule has 2 N–H and O–H groups in total. The number of nitrogens with zero attached hydrogens (tertiary/aromatic N) is 1. The minimum atomic E-state index is -0.999. The van der Waals surface area contributed by atoms with Crippen LogP contribution in [0.3, 0.4) is 0 Å². The predicted molar refractivity (Wildman–Crippen MR) is 76.3 cm³/mol. The molecule has 20 heavy (non-hydrogen) atoms. The van der Waals surface area contributed by atoms with Crippen molar-refractivity contribution in [1.29, 1.82) is 0 Å². The van der Waals surface area contributed by atoms with E-state index >= 15 is 0 Å². The summed E-state index contributed by atoms with van der Waals surface area (Å²) >= 11 is 0. The Morgan fingerprint density at radius 3 is 2.60 bits per heavy atom. The maximum Gasteiger partial charge on any atom is 0.335 e. The molecule has 0 aromatic carbocycles. The summed E-state index contributed by atoms with van der Waals surface area (Å²) in [5, 5.41) is 11.7. The number of aromatic nitrogens is 1. The molecular weight excluding hydrogens is 256 g/mol.